The summed E-state index contributed by atoms with van der Waals surface area (Å²) in [6.07, 6.45) is 1.54. The maximum atomic E-state index is 11.7. The Labute approximate surface area is 132 Å². The van der Waals surface area contributed by atoms with E-state index in [1.165, 1.54) is 11.8 Å². The molecule has 0 radical (unpaired) electrons. The van der Waals surface area contributed by atoms with Gasteiger partial charge >= 0.3 is 5.69 Å². The van der Waals surface area contributed by atoms with Crippen molar-refractivity contribution in [3.05, 3.63) is 22.2 Å². The molecule has 9 heteroatoms. The van der Waals surface area contributed by atoms with E-state index in [-0.39, 0.29) is 5.69 Å². The zero-order valence-electron chi connectivity index (χ0n) is 13.0. The van der Waals surface area contributed by atoms with Crippen LogP contribution in [0, 0.1) is 5.92 Å². The molecular weight excluding hydrogens is 306 g/mol. The Morgan fingerprint density at radius 3 is 3.00 bits per heavy atom. The van der Waals surface area contributed by atoms with Crippen LogP contribution in [0.4, 0.5) is 0 Å². The van der Waals surface area contributed by atoms with E-state index >= 15 is 0 Å². The number of rotatable bonds is 9. The van der Waals surface area contributed by atoms with Crippen LogP contribution in [-0.4, -0.2) is 38.6 Å². The van der Waals surface area contributed by atoms with Gasteiger partial charge in [-0.05, 0) is 12.3 Å². The van der Waals surface area contributed by atoms with Crippen LogP contribution in [0.2, 0.25) is 0 Å². The minimum absolute atomic E-state index is 0.218. The molecule has 0 spiro atoms. The molecule has 0 aliphatic rings. The molecule has 2 rings (SSSR count). The minimum Gasteiger partial charge on any atom is -0.385 e. The maximum absolute atomic E-state index is 11.7. The molecular formula is C13H21N5O3S. The average molecular weight is 327 g/mol. The zero-order valence-corrected chi connectivity index (χ0v) is 13.9. The van der Waals surface area contributed by atoms with Crippen molar-refractivity contribution in [3.8, 4) is 0 Å². The first-order valence-electron chi connectivity index (χ1n) is 7.18. The summed E-state index contributed by atoms with van der Waals surface area (Å²) in [6.45, 7) is 5.37. The normalized spacial score (nSPS) is 11.5. The molecule has 122 valence electrons. The topological polar surface area (TPSA) is 98.8 Å². The van der Waals surface area contributed by atoms with Crippen LogP contribution in [0.5, 0.6) is 0 Å². The van der Waals surface area contributed by atoms with Gasteiger partial charge in [-0.2, -0.15) is 4.98 Å². The van der Waals surface area contributed by atoms with Gasteiger partial charge in [-0.3, -0.25) is 4.57 Å². The van der Waals surface area contributed by atoms with Crippen LogP contribution in [0.3, 0.4) is 0 Å². The summed E-state index contributed by atoms with van der Waals surface area (Å²) in [7, 11) is 1.64. The number of nitrogens with zero attached hydrogens (tertiary/aromatic N) is 4. The molecule has 0 unspecified atom stereocenters. The van der Waals surface area contributed by atoms with E-state index in [0.29, 0.717) is 41.7 Å². The summed E-state index contributed by atoms with van der Waals surface area (Å²) in [6, 6.07) is 0. The van der Waals surface area contributed by atoms with Crippen molar-refractivity contribution in [2.45, 2.75) is 44.1 Å². The number of hydrogen-bond donors (Lipinski definition) is 1. The Hall–Kier alpha value is -1.61. The molecule has 0 aliphatic carbocycles. The lowest BCUT2D eigenvalue weighted by Crippen LogP contribution is -2.18. The highest BCUT2D eigenvalue weighted by Gasteiger charge is 2.12. The number of ether oxygens (including phenoxy) is 1. The molecule has 0 amide bonds. The SMILES string of the molecule is COCCCn1c(SCc2nc(CC(C)C)no2)n[nH]c1=O. The first-order chi connectivity index (χ1) is 10.6. The van der Waals surface area contributed by atoms with E-state index in [4.69, 9.17) is 9.26 Å². The van der Waals surface area contributed by atoms with E-state index in [9.17, 15) is 4.79 Å². The summed E-state index contributed by atoms with van der Waals surface area (Å²) < 4.78 is 11.8. The smallest absolute Gasteiger partial charge is 0.343 e. The second kappa shape index (κ2) is 8.14. The van der Waals surface area contributed by atoms with Crippen molar-refractivity contribution in [1.82, 2.24) is 24.9 Å². The largest absolute Gasteiger partial charge is 0.385 e. The van der Waals surface area contributed by atoms with Crippen molar-refractivity contribution in [1.29, 1.82) is 0 Å². The van der Waals surface area contributed by atoms with E-state index < -0.39 is 0 Å². The zero-order chi connectivity index (χ0) is 15.9. The van der Waals surface area contributed by atoms with Gasteiger partial charge in [0.05, 0.1) is 5.75 Å². The fourth-order valence-corrected chi connectivity index (χ4v) is 2.71. The van der Waals surface area contributed by atoms with Gasteiger partial charge in [-0.25, -0.2) is 9.89 Å². The first-order valence-corrected chi connectivity index (χ1v) is 8.17. The van der Waals surface area contributed by atoms with Crippen molar-refractivity contribution in [2.24, 2.45) is 5.92 Å². The lowest BCUT2D eigenvalue weighted by molar-refractivity contribution is 0.189. The molecule has 0 bridgehead atoms. The number of H-pyrrole nitrogens is 1. The average Bonchev–Trinajstić information content (AvgIpc) is 3.04. The molecule has 8 nitrogen and oxygen atoms in total. The summed E-state index contributed by atoms with van der Waals surface area (Å²) >= 11 is 1.39. The molecule has 0 aliphatic heterocycles. The molecule has 2 aromatic rings. The van der Waals surface area contributed by atoms with Crippen LogP contribution in [0.25, 0.3) is 0 Å². The lowest BCUT2D eigenvalue weighted by Gasteiger charge is -2.03. The lowest BCUT2D eigenvalue weighted by atomic mass is 10.1. The van der Waals surface area contributed by atoms with E-state index in [1.54, 1.807) is 11.7 Å². The summed E-state index contributed by atoms with van der Waals surface area (Å²) in [5.74, 6) is 2.22. The Morgan fingerprint density at radius 2 is 2.27 bits per heavy atom. The molecule has 2 heterocycles. The number of aromatic amines is 1. The van der Waals surface area contributed by atoms with Gasteiger partial charge < -0.3 is 9.26 Å². The molecule has 0 aromatic carbocycles. The minimum atomic E-state index is -0.218. The third-order valence-electron chi connectivity index (χ3n) is 2.88. The summed E-state index contributed by atoms with van der Waals surface area (Å²) in [4.78, 5) is 16.0. The molecule has 0 atom stereocenters. The van der Waals surface area contributed by atoms with Gasteiger partial charge in [0.25, 0.3) is 0 Å². The van der Waals surface area contributed by atoms with Crippen molar-refractivity contribution < 1.29 is 9.26 Å². The molecule has 0 fully saturated rings. The number of thioether (sulfide) groups is 1. The standard InChI is InChI=1S/C13H21N5O3S/c1-9(2)7-10-14-11(21-17-10)8-22-13-16-15-12(19)18(13)5-4-6-20-3/h9H,4-8H2,1-3H3,(H,15,19). The van der Waals surface area contributed by atoms with Gasteiger partial charge in [0.1, 0.15) is 0 Å². The van der Waals surface area contributed by atoms with Crippen LogP contribution >= 0.6 is 11.8 Å². The Kier molecular flexibility index (Phi) is 6.20. The first kappa shape index (κ1) is 16.8. The van der Waals surface area contributed by atoms with Gasteiger partial charge in [-0.15, -0.1) is 5.10 Å². The van der Waals surface area contributed by atoms with Crippen molar-refractivity contribution >= 4 is 11.8 Å². The Morgan fingerprint density at radius 1 is 1.45 bits per heavy atom. The second-order valence-electron chi connectivity index (χ2n) is 5.30. The third-order valence-corrected chi connectivity index (χ3v) is 3.84. The quantitative estimate of drug-likeness (QED) is 0.550. The number of hydrogen-bond acceptors (Lipinski definition) is 7. The summed E-state index contributed by atoms with van der Waals surface area (Å²) in [5, 5.41) is 11.0. The van der Waals surface area contributed by atoms with Gasteiger partial charge in [0.2, 0.25) is 5.89 Å². The van der Waals surface area contributed by atoms with Crippen LogP contribution in [0.15, 0.2) is 14.5 Å². The number of nitrogens with one attached hydrogen (secondary N) is 1. The summed E-state index contributed by atoms with van der Waals surface area (Å²) in [5.41, 5.74) is -0.218. The highest BCUT2D eigenvalue weighted by molar-refractivity contribution is 7.98. The van der Waals surface area contributed by atoms with Crippen LogP contribution in [0.1, 0.15) is 32.0 Å². The highest BCUT2D eigenvalue weighted by Crippen LogP contribution is 2.19. The van der Waals surface area contributed by atoms with Gasteiger partial charge in [0, 0.05) is 26.7 Å². The Balaban J connectivity index is 1.93. The van der Waals surface area contributed by atoms with E-state index in [0.717, 1.165) is 12.8 Å². The molecule has 1 N–H and O–H groups in total. The van der Waals surface area contributed by atoms with E-state index in [2.05, 4.69) is 34.2 Å². The second-order valence-corrected chi connectivity index (χ2v) is 6.24. The predicted molar refractivity (Wildman–Crippen MR) is 81.7 cm³/mol. The Bertz CT molecular complexity index is 634. The monoisotopic (exact) mass is 327 g/mol. The van der Waals surface area contributed by atoms with Crippen molar-refractivity contribution in [2.75, 3.05) is 13.7 Å². The molecule has 22 heavy (non-hydrogen) atoms. The van der Waals surface area contributed by atoms with Crippen molar-refractivity contribution in [3.63, 3.8) is 0 Å². The number of methoxy groups -OCH3 is 1. The number of aromatic nitrogens is 5. The van der Waals surface area contributed by atoms with Gasteiger partial charge in [-0.1, -0.05) is 30.8 Å². The van der Waals surface area contributed by atoms with Gasteiger partial charge in [0.15, 0.2) is 11.0 Å². The maximum Gasteiger partial charge on any atom is 0.343 e. The fourth-order valence-electron chi connectivity index (χ4n) is 1.90. The molecule has 0 saturated carbocycles. The van der Waals surface area contributed by atoms with E-state index in [1.807, 2.05) is 0 Å². The molecule has 0 saturated heterocycles. The molecule has 2 aromatic heterocycles. The predicted octanol–water partition coefficient (Wildman–Crippen LogP) is 1.48. The van der Waals surface area contributed by atoms with Crippen LogP contribution in [-0.2, 0) is 23.5 Å². The highest BCUT2D eigenvalue weighted by atomic mass is 32.2. The van der Waals surface area contributed by atoms with Crippen LogP contribution < -0.4 is 5.69 Å². The third kappa shape index (κ3) is 4.70. The fraction of sp³-hybridized carbons (Fsp3) is 0.692.